The molecule has 0 radical (unpaired) electrons. The summed E-state index contributed by atoms with van der Waals surface area (Å²) in [6.07, 6.45) is 3.41. The molecule has 1 aromatic rings. The first-order valence-electron chi connectivity index (χ1n) is 11.1. The molecule has 3 amide bonds. The summed E-state index contributed by atoms with van der Waals surface area (Å²) in [5, 5.41) is -0.313. The van der Waals surface area contributed by atoms with Gasteiger partial charge in [-0.05, 0) is 56.4 Å². The Balaban J connectivity index is 1.43. The summed E-state index contributed by atoms with van der Waals surface area (Å²) in [6, 6.07) is 5.55. The third-order valence-corrected chi connectivity index (χ3v) is 8.26. The third kappa shape index (κ3) is 3.98. The maximum absolute atomic E-state index is 13.4. The number of hydrogen-bond acceptors (Lipinski definition) is 6. The van der Waals surface area contributed by atoms with Gasteiger partial charge in [-0.25, -0.2) is 0 Å². The maximum atomic E-state index is 13.4. The average Bonchev–Trinajstić information content (AvgIpc) is 3.34. The molecule has 8 nitrogen and oxygen atoms in total. The van der Waals surface area contributed by atoms with E-state index in [0.717, 1.165) is 43.5 Å². The van der Waals surface area contributed by atoms with Crippen LogP contribution < -0.4 is 10.5 Å². The van der Waals surface area contributed by atoms with Crippen LogP contribution in [-0.4, -0.2) is 70.2 Å². The van der Waals surface area contributed by atoms with Gasteiger partial charge in [0, 0.05) is 30.7 Å². The summed E-state index contributed by atoms with van der Waals surface area (Å²) in [4.78, 5) is 46.1. The van der Waals surface area contributed by atoms with E-state index >= 15 is 0 Å². The highest BCUT2D eigenvalue weighted by molar-refractivity contribution is 8.15. The molecule has 172 valence electrons. The predicted molar refractivity (Wildman–Crippen MR) is 124 cm³/mol. The molecule has 9 heteroatoms. The van der Waals surface area contributed by atoms with Crippen molar-refractivity contribution in [1.82, 2.24) is 9.80 Å². The van der Waals surface area contributed by atoms with E-state index in [4.69, 9.17) is 10.5 Å². The first-order valence-corrected chi connectivity index (χ1v) is 11.9. The van der Waals surface area contributed by atoms with Crippen molar-refractivity contribution in [3.05, 3.63) is 29.3 Å². The second-order valence-corrected chi connectivity index (χ2v) is 10.1. The number of nitrogens with zero attached hydrogens (tertiary/aromatic N) is 3. The van der Waals surface area contributed by atoms with Gasteiger partial charge in [-0.3, -0.25) is 14.4 Å². The Kier molecular flexibility index (Phi) is 6.20. The molecule has 3 aliphatic heterocycles. The van der Waals surface area contributed by atoms with Crippen LogP contribution in [0.2, 0.25) is 0 Å². The maximum Gasteiger partial charge on any atom is 0.262 e. The van der Waals surface area contributed by atoms with Crippen molar-refractivity contribution in [1.29, 1.82) is 0 Å². The van der Waals surface area contributed by atoms with Crippen molar-refractivity contribution in [2.75, 3.05) is 26.7 Å². The van der Waals surface area contributed by atoms with Gasteiger partial charge in [-0.15, -0.1) is 0 Å². The van der Waals surface area contributed by atoms with Crippen LogP contribution in [0, 0.1) is 12.8 Å². The molecule has 1 aromatic carbocycles. The summed E-state index contributed by atoms with van der Waals surface area (Å²) < 4.78 is 5.27. The van der Waals surface area contributed by atoms with Crippen LogP contribution in [0.4, 0.5) is 0 Å². The van der Waals surface area contributed by atoms with Crippen molar-refractivity contribution in [2.24, 2.45) is 16.6 Å². The van der Waals surface area contributed by atoms with Gasteiger partial charge in [0.1, 0.15) is 11.0 Å². The Hall–Kier alpha value is -2.55. The number of ether oxygens (including phenoxy) is 1. The minimum absolute atomic E-state index is 0.0440. The van der Waals surface area contributed by atoms with Gasteiger partial charge in [0.05, 0.1) is 13.0 Å². The molecule has 0 saturated carbocycles. The second kappa shape index (κ2) is 8.77. The number of aliphatic imine (C=N–C) groups is 1. The predicted octanol–water partition coefficient (Wildman–Crippen LogP) is 2.19. The Morgan fingerprint density at radius 1 is 1.25 bits per heavy atom. The molecule has 32 heavy (non-hydrogen) atoms. The first-order chi connectivity index (χ1) is 15.3. The summed E-state index contributed by atoms with van der Waals surface area (Å²) in [5.41, 5.74) is 7.04. The Bertz CT molecular complexity index is 971. The number of piperidine rings is 1. The van der Waals surface area contributed by atoms with E-state index in [1.54, 1.807) is 14.0 Å². The summed E-state index contributed by atoms with van der Waals surface area (Å²) in [7, 11) is 1.62. The molecule has 2 N–H and O–H groups in total. The number of likely N-dealkylation sites (tertiary alicyclic amines) is 2. The quantitative estimate of drug-likeness (QED) is 0.742. The molecule has 3 aliphatic rings. The topological polar surface area (TPSA) is 105 Å². The first kappa shape index (κ1) is 22.6. The van der Waals surface area contributed by atoms with Gasteiger partial charge in [-0.1, -0.05) is 18.7 Å². The van der Waals surface area contributed by atoms with Gasteiger partial charge >= 0.3 is 0 Å². The van der Waals surface area contributed by atoms with Crippen LogP contribution in [0.15, 0.2) is 23.2 Å². The Morgan fingerprint density at radius 2 is 1.97 bits per heavy atom. The molecule has 2 unspecified atom stereocenters. The summed E-state index contributed by atoms with van der Waals surface area (Å²) >= 11 is 1.17. The normalized spacial score (nSPS) is 23.4. The van der Waals surface area contributed by atoms with Gasteiger partial charge in [0.2, 0.25) is 5.91 Å². The van der Waals surface area contributed by atoms with Crippen LogP contribution in [0.1, 0.15) is 48.5 Å². The fourth-order valence-electron chi connectivity index (χ4n) is 5.18. The molecule has 0 aromatic heterocycles. The largest absolute Gasteiger partial charge is 0.497 e. The zero-order valence-corrected chi connectivity index (χ0v) is 19.6. The number of nitrogens with two attached hydrogens (primary N) is 1. The van der Waals surface area contributed by atoms with E-state index < -0.39 is 11.2 Å². The van der Waals surface area contributed by atoms with Crippen molar-refractivity contribution in [2.45, 2.75) is 50.3 Å². The average molecular weight is 459 g/mol. The van der Waals surface area contributed by atoms with E-state index in [0.29, 0.717) is 18.7 Å². The van der Waals surface area contributed by atoms with Crippen LogP contribution in [-0.2, 0) is 9.59 Å². The molecule has 1 spiro atoms. The molecule has 0 bridgehead atoms. The van der Waals surface area contributed by atoms with E-state index in [1.165, 1.54) is 11.8 Å². The van der Waals surface area contributed by atoms with Crippen molar-refractivity contribution >= 4 is 34.7 Å². The minimum Gasteiger partial charge on any atom is -0.497 e. The highest BCUT2D eigenvalue weighted by Gasteiger charge is 2.47. The SMILES string of the molecule is COc1ccc(C(=O)N2CCCC23CCN(C(=O)C(C)C2SC(N)=NC2=O)CC3)c(C)c1. The second-order valence-electron chi connectivity index (χ2n) is 8.91. The summed E-state index contributed by atoms with van der Waals surface area (Å²) in [6.45, 7) is 5.60. The third-order valence-electron chi connectivity index (χ3n) is 7.07. The number of carbonyl (C=O) groups is 3. The molecule has 2 saturated heterocycles. The van der Waals surface area contributed by atoms with Crippen LogP contribution in [0.25, 0.3) is 0 Å². The molecule has 0 aliphatic carbocycles. The number of amidine groups is 1. The lowest BCUT2D eigenvalue weighted by Gasteiger charge is -2.45. The lowest BCUT2D eigenvalue weighted by molar-refractivity contribution is -0.138. The van der Waals surface area contributed by atoms with Gasteiger partial charge in [0.15, 0.2) is 5.17 Å². The van der Waals surface area contributed by atoms with Crippen LogP contribution in [0.5, 0.6) is 5.75 Å². The number of amides is 3. The Morgan fingerprint density at radius 3 is 2.56 bits per heavy atom. The van der Waals surface area contributed by atoms with Gasteiger partial charge < -0.3 is 20.3 Å². The molecular formula is C23H30N4O4S. The van der Waals surface area contributed by atoms with E-state index in [2.05, 4.69) is 4.99 Å². The highest BCUT2D eigenvalue weighted by atomic mass is 32.2. The number of carbonyl (C=O) groups excluding carboxylic acids is 3. The number of rotatable bonds is 4. The zero-order chi connectivity index (χ0) is 23.0. The molecule has 2 atom stereocenters. The van der Waals surface area contributed by atoms with E-state index in [9.17, 15) is 14.4 Å². The lowest BCUT2D eigenvalue weighted by atomic mass is 9.84. The highest BCUT2D eigenvalue weighted by Crippen LogP contribution is 2.40. The number of hydrogen-bond donors (Lipinski definition) is 1. The fourth-order valence-corrected chi connectivity index (χ4v) is 6.06. The monoisotopic (exact) mass is 458 g/mol. The minimum atomic E-state index is -0.541. The lowest BCUT2D eigenvalue weighted by Crippen LogP contribution is -2.56. The van der Waals surface area contributed by atoms with Crippen LogP contribution in [0.3, 0.4) is 0 Å². The molecular weight excluding hydrogens is 428 g/mol. The number of aryl methyl sites for hydroxylation is 1. The summed E-state index contributed by atoms with van der Waals surface area (Å²) in [5.74, 6) is -0.0603. The fraction of sp³-hybridized carbons (Fsp3) is 0.565. The number of thioether (sulfide) groups is 1. The Labute approximate surface area is 192 Å². The van der Waals surface area contributed by atoms with E-state index in [-0.39, 0.29) is 28.4 Å². The van der Waals surface area contributed by atoms with Crippen molar-refractivity contribution in [3.8, 4) is 5.75 Å². The van der Waals surface area contributed by atoms with Crippen LogP contribution >= 0.6 is 11.8 Å². The standard InChI is InChI=1S/C23H30N4O4S/c1-14-13-16(31-3)5-6-17(14)21(30)27-10-4-7-23(27)8-11-26(12-9-23)20(29)15(2)18-19(28)25-22(24)32-18/h5-6,13,15,18H,4,7-12H2,1-3H3,(H2,24,25,28). The van der Waals surface area contributed by atoms with Gasteiger partial charge in [0.25, 0.3) is 11.8 Å². The molecule has 3 heterocycles. The smallest absolute Gasteiger partial charge is 0.262 e. The van der Waals surface area contributed by atoms with Crippen molar-refractivity contribution < 1.29 is 19.1 Å². The van der Waals surface area contributed by atoms with Crippen molar-refractivity contribution in [3.63, 3.8) is 0 Å². The van der Waals surface area contributed by atoms with Gasteiger partial charge in [-0.2, -0.15) is 4.99 Å². The molecule has 2 fully saturated rings. The number of methoxy groups -OCH3 is 1. The number of benzene rings is 1. The molecule has 4 rings (SSSR count). The van der Waals surface area contributed by atoms with E-state index in [1.807, 2.05) is 34.9 Å². The zero-order valence-electron chi connectivity index (χ0n) is 18.8.